The number of aliphatic hydroxyl groups is 3. The summed E-state index contributed by atoms with van der Waals surface area (Å²) in [6, 6.07) is 0. The number of ketones is 2. The van der Waals surface area contributed by atoms with Gasteiger partial charge in [0.1, 0.15) is 6.10 Å². The number of carboxylic acids is 2. The Morgan fingerprint density at radius 2 is 1.05 bits per heavy atom. The SMILES string of the molecule is CC(=O)C(=O)O.CC(=O)C(=O)O.O=CO.OCC(O)CO. The summed E-state index contributed by atoms with van der Waals surface area (Å²) >= 11 is 0. The quantitative estimate of drug-likeness (QED) is 0.233. The fourth-order valence-electron chi connectivity index (χ4n) is 0.0577. The molecule has 0 rings (SSSR count). The van der Waals surface area contributed by atoms with E-state index in [1.54, 1.807) is 0 Å². The Kier molecular flexibility index (Phi) is 25.7. The molecule has 0 saturated heterocycles. The third-order valence-electron chi connectivity index (χ3n) is 1.02. The summed E-state index contributed by atoms with van der Waals surface area (Å²) in [4.78, 5) is 46.1. The maximum atomic E-state index is 9.54. The van der Waals surface area contributed by atoms with E-state index in [-0.39, 0.29) is 19.7 Å². The number of rotatable bonds is 4. The van der Waals surface area contributed by atoms with Crippen molar-refractivity contribution < 1.29 is 54.6 Å². The van der Waals surface area contributed by atoms with Gasteiger partial charge in [-0.2, -0.15) is 0 Å². The van der Waals surface area contributed by atoms with Crippen LogP contribution in [-0.2, 0) is 24.0 Å². The first kappa shape index (κ1) is 27.1. The molecule has 11 nitrogen and oxygen atoms in total. The third-order valence-corrected chi connectivity index (χ3v) is 1.02. The molecule has 0 aromatic rings. The Balaban J connectivity index is -0.0000000944. The molecular weight excluding hydrogens is 296 g/mol. The van der Waals surface area contributed by atoms with Gasteiger partial charge in [0.15, 0.2) is 0 Å². The lowest BCUT2D eigenvalue weighted by atomic mass is 10.4. The predicted molar refractivity (Wildman–Crippen MR) is 65.5 cm³/mol. The normalized spacial score (nSPS) is 7.71. The summed E-state index contributed by atoms with van der Waals surface area (Å²) in [6.45, 7) is 1.03. The molecule has 0 amide bonds. The molecular formula is C10H18O11. The Morgan fingerprint density at radius 3 is 1.05 bits per heavy atom. The molecule has 0 aliphatic rings. The van der Waals surface area contributed by atoms with Crippen LogP contribution in [0.25, 0.3) is 0 Å². The van der Waals surface area contributed by atoms with Gasteiger partial charge in [-0.3, -0.25) is 14.4 Å². The molecule has 0 aromatic carbocycles. The second kappa shape index (κ2) is 20.0. The van der Waals surface area contributed by atoms with Gasteiger partial charge in [0.25, 0.3) is 6.47 Å². The monoisotopic (exact) mass is 314 g/mol. The average Bonchev–Trinajstić information content (AvgIpc) is 2.39. The zero-order chi connectivity index (χ0) is 18.0. The van der Waals surface area contributed by atoms with E-state index in [0.29, 0.717) is 0 Å². The van der Waals surface area contributed by atoms with E-state index in [1.807, 2.05) is 0 Å². The minimum atomic E-state index is -1.38. The van der Waals surface area contributed by atoms with E-state index in [9.17, 15) is 19.2 Å². The molecule has 0 atom stereocenters. The van der Waals surface area contributed by atoms with Gasteiger partial charge >= 0.3 is 11.9 Å². The Morgan fingerprint density at radius 1 is 0.905 bits per heavy atom. The molecule has 0 radical (unpaired) electrons. The fourth-order valence-corrected chi connectivity index (χ4v) is 0.0577. The topological polar surface area (TPSA) is 207 Å². The summed E-state index contributed by atoms with van der Waals surface area (Å²) < 4.78 is 0. The number of carboxylic acid groups (broad SMARTS) is 3. The Hall–Kier alpha value is -2.37. The van der Waals surface area contributed by atoms with Gasteiger partial charge < -0.3 is 30.6 Å². The highest BCUT2D eigenvalue weighted by molar-refractivity contribution is 6.31. The smallest absolute Gasteiger partial charge is 0.371 e. The summed E-state index contributed by atoms with van der Waals surface area (Å²) in [6.07, 6.45) is -0.954. The van der Waals surface area contributed by atoms with Gasteiger partial charge in [-0.1, -0.05) is 0 Å². The van der Waals surface area contributed by atoms with Gasteiger partial charge in [-0.15, -0.1) is 0 Å². The van der Waals surface area contributed by atoms with Crippen molar-refractivity contribution in [2.75, 3.05) is 13.2 Å². The van der Waals surface area contributed by atoms with E-state index in [1.165, 1.54) is 0 Å². The van der Waals surface area contributed by atoms with Crippen molar-refractivity contribution >= 4 is 30.0 Å². The van der Waals surface area contributed by atoms with Crippen LogP contribution in [0.15, 0.2) is 0 Å². The van der Waals surface area contributed by atoms with E-state index < -0.39 is 29.6 Å². The largest absolute Gasteiger partial charge is 0.483 e. The van der Waals surface area contributed by atoms with E-state index in [2.05, 4.69) is 0 Å². The average molecular weight is 314 g/mol. The van der Waals surface area contributed by atoms with Crippen LogP contribution in [0.1, 0.15) is 13.8 Å². The molecule has 0 aliphatic heterocycles. The second-order valence-electron chi connectivity index (χ2n) is 2.85. The maximum absolute atomic E-state index is 9.54. The molecule has 0 spiro atoms. The van der Waals surface area contributed by atoms with Crippen LogP contribution >= 0.6 is 0 Å². The van der Waals surface area contributed by atoms with Crippen molar-refractivity contribution in [3.05, 3.63) is 0 Å². The van der Waals surface area contributed by atoms with Crippen LogP contribution in [-0.4, -0.2) is 79.9 Å². The van der Waals surface area contributed by atoms with Gasteiger partial charge in [0, 0.05) is 13.8 Å². The zero-order valence-electron chi connectivity index (χ0n) is 11.3. The number of carbonyl (C=O) groups is 5. The molecule has 0 bridgehead atoms. The highest BCUT2D eigenvalue weighted by Crippen LogP contribution is 1.71. The molecule has 0 saturated carbocycles. The van der Waals surface area contributed by atoms with Gasteiger partial charge in [0.05, 0.1) is 13.2 Å². The lowest BCUT2D eigenvalue weighted by Crippen LogP contribution is -2.15. The van der Waals surface area contributed by atoms with Crippen LogP contribution in [0.5, 0.6) is 0 Å². The minimum absolute atomic E-state index is 0.250. The summed E-state index contributed by atoms with van der Waals surface area (Å²) in [5.41, 5.74) is 0. The standard InChI is InChI=1S/C3H8O3.2C3H4O3.CH2O2/c4-1-3(6)2-5;2*1-2(4)3(5)6;2-1-3/h3-6H,1-2H2;2*1H3,(H,5,6);1H,(H,2,3). The number of aliphatic hydroxyl groups excluding tert-OH is 3. The molecule has 0 aliphatic carbocycles. The van der Waals surface area contributed by atoms with Gasteiger partial charge in [-0.25, -0.2) is 9.59 Å². The van der Waals surface area contributed by atoms with Crippen molar-refractivity contribution in [2.45, 2.75) is 20.0 Å². The first-order valence-electron chi connectivity index (χ1n) is 4.96. The summed E-state index contributed by atoms with van der Waals surface area (Å²) in [5, 5.41) is 46.2. The van der Waals surface area contributed by atoms with E-state index in [0.717, 1.165) is 13.8 Å². The zero-order valence-corrected chi connectivity index (χ0v) is 11.3. The molecule has 6 N–H and O–H groups in total. The molecule has 124 valence electrons. The van der Waals surface area contributed by atoms with Crippen molar-refractivity contribution in [3.63, 3.8) is 0 Å². The Labute approximate surface area is 119 Å². The molecule has 21 heavy (non-hydrogen) atoms. The first-order valence-corrected chi connectivity index (χ1v) is 4.96. The number of hydrogen-bond acceptors (Lipinski definition) is 8. The van der Waals surface area contributed by atoms with Crippen molar-refractivity contribution in [1.29, 1.82) is 0 Å². The number of Topliss-reactive ketones (excluding diaryl/α,β-unsaturated/α-hetero) is 2. The van der Waals surface area contributed by atoms with E-state index >= 15 is 0 Å². The fraction of sp³-hybridized carbons (Fsp3) is 0.500. The lowest BCUT2D eigenvalue weighted by molar-refractivity contribution is -0.148. The van der Waals surface area contributed by atoms with Gasteiger partial charge in [-0.05, 0) is 0 Å². The van der Waals surface area contributed by atoms with Crippen LogP contribution in [0.4, 0.5) is 0 Å². The Bertz CT molecular complexity index is 271. The second-order valence-corrected chi connectivity index (χ2v) is 2.85. The molecule has 0 fully saturated rings. The maximum Gasteiger partial charge on any atom is 0.371 e. The summed E-state index contributed by atoms with van der Waals surface area (Å²) in [7, 11) is 0. The molecule has 0 heterocycles. The first-order chi connectivity index (χ1) is 9.51. The summed E-state index contributed by atoms with van der Waals surface area (Å²) in [5.74, 6) is -4.41. The van der Waals surface area contributed by atoms with Crippen LogP contribution in [0.2, 0.25) is 0 Å². The number of carbonyl (C=O) groups excluding carboxylic acids is 2. The molecule has 0 aromatic heterocycles. The van der Waals surface area contributed by atoms with Crippen LogP contribution < -0.4 is 0 Å². The molecule has 0 unspecified atom stereocenters. The minimum Gasteiger partial charge on any atom is -0.483 e. The van der Waals surface area contributed by atoms with Crippen LogP contribution in [0, 0.1) is 0 Å². The lowest BCUT2D eigenvalue weighted by Gasteiger charge is -1.96. The molecule has 11 heteroatoms. The van der Waals surface area contributed by atoms with Gasteiger partial charge in [0.2, 0.25) is 11.6 Å². The van der Waals surface area contributed by atoms with Crippen molar-refractivity contribution in [2.24, 2.45) is 0 Å². The highest BCUT2D eigenvalue weighted by atomic mass is 16.4. The number of aliphatic carboxylic acids is 2. The third kappa shape index (κ3) is 46.4. The predicted octanol–water partition coefficient (Wildman–Crippen LogP) is -2.65. The van der Waals surface area contributed by atoms with Crippen molar-refractivity contribution in [3.8, 4) is 0 Å². The van der Waals surface area contributed by atoms with Crippen LogP contribution in [0.3, 0.4) is 0 Å². The van der Waals surface area contributed by atoms with Crippen molar-refractivity contribution in [1.82, 2.24) is 0 Å². The highest BCUT2D eigenvalue weighted by Gasteiger charge is 1.99. The number of hydrogen-bond donors (Lipinski definition) is 6. The van der Waals surface area contributed by atoms with E-state index in [4.69, 9.17) is 35.4 Å².